The zero-order valence-electron chi connectivity index (χ0n) is 16.2. The maximum absolute atomic E-state index is 12.1. The van der Waals surface area contributed by atoms with Gasteiger partial charge in [0.05, 0.1) is 15.9 Å². The van der Waals surface area contributed by atoms with E-state index in [4.69, 9.17) is 5.11 Å². The van der Waals surface area contributed by atoms with Gasteiger partial charge in [-0.3, -0.25) is 34.6 Å². The predicted molar refractivity (Wildman–Crippen MR) is 110 cm³/mol. The van der Waals surface area contributed by atoms with Gasteiger partial charge in [-0.2, -0.15) is 12.6 Å². The molecule has 0 aliphatic carbocycles. The molecule has 0 unspecified atom stereocenters. The van der Waals surface area contributed by atoms with Gasteiger partial charge in [-0.15, -0.1) is 0 Å². The van der Waals surface area contributed by atoms with Gasteiger partial charge >= 0.3 is 11.9 Å². The molecule has 1 aromatic rings. The second-order valence-electron chi connectivity index (χ2n) is 6.20. The molecule has 0 saturated heterocycles. The van der Waals surface area contributed by atoms with Gasteiger partial charge in [-0.25, -0.2) is 4.79 Å². The Balaban J connectivity index is 2.82. The zero-order chi connectivity index (χ0) is 24.4. The van der Waals surface area contributed by atoms with E-state index < -0.39 is 70.0 Å². The summed E-state index contributed by atoms with van der Waals surface area (Å²) in [6.07, 6.45) is -0.771. The van der Waals surface area contributed by atoms with Gasteiger partial charge in [0.1, 0.15) is 24.3 Å². The highest BCUT2D eigenvalue weighted by molar-refractivity contribution is 7.80. The number of nitrogens with one attached hydrogen (secondary N) is 3. The van der Waals surface area contributed by atoms with Crippen LogP contribution in [-0.2, 0) is 19.2 Å². The normalized spacial score (nSPS) is 12.2. The monoisotopic (exact) mass is 473 g/mol. The van der Waals surface area contributed by atoms with Crippen molar-refractivity contribution >= 4 is 53.4 Å². The summed E-state index contributed by atoms with van der Waals surface area (Å²) < 4.78 is 0. The van der Waals surface area contributed by atoms with Gasteiger partial charge in [0.2, 0.25) is 11.8 Å². The quantitative estimate of drug-likeness (QED) is 0.124. The van der Waals surface area contributed by atoms with E-state index in [1.807, 2.05) is 0 Å². The van der Waals surface area contributed by atoms with E-state index in [1.165, 1.54) is 0 Å². The number of aliphatic carboxylic acids is 2. The number of nitro groups is 2. The highest BCUT2D eigenvalue weighted by atomic mass is 32.1. The molecule has 0 heterocycles. The molecule has 0 aliphatic heterocycles. The first-order valence-electron chi connectivity index (χ1n) is 8.78. The number of nitrogens with zero attached hydrogens (tertiary/aromatic N) is 2. The maximum atomic E-state index is 12.1. The predicted octanol–water partition coefficient (Wildman–Crippen LogP) is -0.236. The highest BCUT2D eigenvalue weighted by Gasteiger charge is 2.26. The summed E-state index contributed by atoms with van der Waals surface area (Å²) in [6, 6.07) is -0.0429. The molecular formula is C16H19N5O10S. The van der Waals surface area contributed by atoms with Gasteiger partial charge in [0.25, 0.3) is 11.4 Å². The SMILES string of the molecule is O=C(O)CNC(=O)[C@H](CS)NC(=O)CC[C@H](Nc1ccc([N+](=O)[O-])cc1[N+](=O)[O-])C(=O)O. The number of rotatable bonds is 13. The van der Waals surface area contributed by atoms with Crippen molar-refractivity contribution in [2.45, 2.75) is 24.9 Å². The van der Waals surface area contributed by atoms with Gasteiger partial charge in [-0.1, -0.05) is 0 Å². The molecule has 0 aromatic heterocycles. The summed E-state index contributed by atoms with van der Waals surface area (Å²) in [5.41, 5.74) is -1.58. The smallest absolute Gasteiger partial charge is 0.326 e. The number of carbonyl (C=O) groups excluding carboxylic acids is 2. The number of carboxylic acid groups (broad SMARTS) is 2. The van der Waals surface area contributed by atoms with Gasteiger partial charge in [0, 0.05) is 18.2 Å². The lowest BCUT2D eigenvalue weighted by molar-refractivity contribution is -0.393. The third-order valence-electron chi connectivity index (χ3n) is 3.92. The first-order valence-corrected chi connectivity index (χ1v) is 9.41. The van der Waals surface area contributed by atoms with E-state index in [0.717, 1.165) is 12.1 Å². The number of non-ortho nitro benzene ring substituents is 1. The fraction of sp³-hybridized carbons (Fsp3) is 0.375. The number of carboxylic acids is 2. The van der Waals surface area contributed by atoms with Crippen LogP contribution in [-0.4, -0.2) is 68.2 Å². The molecule has 0 saturated carbocycles. The van der Waals surface area contributed by atoms with Crippen LogP contribution in [0.4, 0.5) is 17.1 Å². The van der Waals surface area contributed by atoms with Crippen LogP contribution in [0.2, 0.25) is 0 Å². The van der Waals surface area contributed by atoms with Crippen LogP contribution in [0.25, 0.3) is 0 Å². The van der Waals surface area contributed by atoms with E-state index >= 15 is 0 Å². The van der Waals surface area contributed by atoms with E-state index in [-0.39, 0.29) is 17.9 Å². The van der Waals surface area contributed by atoms with E-state index in [0.29, 0.717) is 6.07 Å². The molecule has 16 heteroatoms. The van der Waals surface area contributed by atoms with Crippen molar-refractivity contribution in [3.63, 3.8) is 0 Å². The van der Waals surface area contributed by atoms with Crippen molar-refractivity contribution in [3.8, 4) is 0 Å². The van der Waals surface area contributed by atoms with Crippen LogP contribution in [0.3, 0.4) is 0 Å². The van der Waals surface area contributed by atoms with Gasteiger partial charge in [0.15, 0.2) is 0 Å². The van der Waals surface area contributed by atoms with E-state index in [2.05, 4.69) is 28.6 Å². The Morgan fingerprint density at radius 2 is 1.72 bits per heavy atom. The Morgan fingerprint density at radius 3 is 2.22 bits per heavy atom. The summed E-state index contributed by atoms with van der Waals surface area (Å²) in [7, 11) is 0. The molecule has 1 rings (SSSR count). The van der Waals surface area contributed by atoms with E-state index in [1.54, 1.807) is 0 Å². The third kappa shape index (κ3) is 8.05. The second kappa shape index (κ2) is 12.0. The summed E-state index contributed by atoms with van der Waals surface area (Å²) in [4.78, 5) is 66.1. The maximum Gasteiger partial charge on any atom is 0.326 e. The van der Waals surface area contributed by atoms with Crippen molar-refractivity contribution in [2.75, 3.05) is 17.6 Å². The molecule has 5 N–H and O–H groups in total. The molecule has 32 heavy (non-hydrogen) atoms. The van der Waals surface area contributed by atoms with Crippen LogP contribution < -0.4 is 16.0 Å². The standard InChI is InChI=1S/C16H19N5O10S/c22-13(19-11(7-32)15(25)17-6-14(23)24)4-3-10(16(26)27)18-9-2-1-8(20(28)29)5-12(9)21(30)31/h1-2,5,10-11,18,32H,3-4,6-7H2,(H,17,25)(H,19,22)(H,23,24)(H,26,27)/t10-,11-/m0/s1. The number of anilines is 1. The molecule has 0 fully saturated rings. The number of hydrogen-bond acceptors (Lipinski definition) is 10. The molecule has 174 valence electrons. The Labute approximate surface area is 184 Å². The highest BCUT2D eigenvalue weighted by Crippen LogP contribution is 2.29. The Hall–Kier alpha value is -3.95. The van der Waals surface area contributed by atoms with E-state index in [9.17, 15) is 44.5 Å². The van der Waals surface area contributed by atoms with Crippen molar-refractivity contribution in [2.24, 2.45) is 0 Å². The van der Waals surface area contributed by atoms with Crippen molar-refractivity contribution < 1.29 is 39.2 Å². The fourth-order valence-electron chi connectivity index (χ4n) is 2.37. The molecule has 0 spiro atoms. The largest absolute Gasteiger partial charge is 0.480 e. The summed E-state index contributed by atoms with van der Waals surface area (Å²) in [6.45, 7) is -0.669. The number of carbonyl (C=O) groups is 4. The topological polar surface area (TPSA) is 231 Å². The summed E-state index contributed by atoms with van der Waals surface area (Å²) in [5.74, 6) is -4.45. The summed E-state index contributed by atoms with van der Waals surface area (Å²) >= 11 is 3.89. The Morgan fingerprint density at radius 1 is 1.06 bits per heavy atom. The number of hydrogen-bond donors (Lipinski definition) is 6. The van der Waals surface area contributed by atoms with Crippen LogP contribution in [0.1, 0.15) is 12.8 Å². The minimum Gasteiger partial charge on any atom is -0.480 e. The minimum atomic E-state index is -1.48. The summed E-state index contributed by atoms with van der Waals surface area (Å²) in [5, 5.41) is 46.6. The minimum absolute atomic E-state index is 0.160. The van der Waals surface area contributed by atoms with Gasteiger partial charge in [-0.05, 0) is 12.5 Å². The molecule has 0 bridgehead atoms. The molecule has 0 aliphatic rings. The Kier molecular flexibility index (Phi) is 9.81. The van der Waals surface area contributed by atoms with Crippen LogP contribution in [0, 0.1) is 20.2 Å². The zero-order valence-corrected chi connectivity index (χ0v) is 17.1. The lowest BCUT2D eigenvalue weighted by Crippen LogP contribution is -2.49. The van der Waals surface area contributed by atoms with Crippen LogP contribution >= 0.6 is 12.6 Å². The lowest BCUT2D eigenvalue weighted by atomic mass is 10.1. The van der Waals surface area contributed by atoms with Crippen molar-refractivity contribution in [1.29, 1.82) is 0 Å². The number of benzene rings is 1. The van der Waals surface area contributed by atoms with Crippen LogP contribution in [0.15, 0.2) is 18.2 Å². The van der Waals surface area contributed by atoms with Crippen LogP contribution in [0.5, 0.6) is 0 Å². The molecule has 2 atom stereocenters. The average Bonchev–Trinajstić information content (AvgIpc) is 2.72. The third-order valence-corrected chi connectivity index (χ3v) is 4.29. The number of nitro benzene ring substituents is 2. The van der Waals surface area contributed by atoms with Gasteiger partial charge < -0.3 is 26.2 Å². The average molecular weight is 473 g/mol. The van der Waals surface area contributed by atoms with Crippen molar-refractivity contribution in [3.05, 3.63) is 38.4 Å². The number of amides is 2. The Bertz CT molecular complexity index is 924. The number of thiol groups is 1. The molecular weight excluding hydrogens is 454 g/mol. The molecule has 2 amide bonds. The molecule has 0 radical (unpaired) electrons. The second-order valence-corrected chi connectivity index (χ2v) is 6.57. The molecule has 1 aromatic carbocycles. The van der Waals surface area contributed by atoms with Crippen molar-refractivity contribution in [1.82, 2.24) is 10.6 Å². The lowest BCUT2D eigenvalue weighted by Gasteiger charge is -2.18. The first kappa shape index (κ1) is 26.1. The fourth-order valence-corrected chi connectivity index (χ4v) is 2.63. The molecule has 15 nitrogen and oxygen atoms in total. The first-order chi connectivity index (χ1) is 15.0.